The van der Waals surface area contributed by atoms with Crippen molar-refractivity contribution in [3.63, 3.8) is 0 Å². The molecule has 0 saturated carbocycles. The Labute approximate surface area is 163 Å². The number of hydrogen-bond acceptors (Lipinski definition) is 4. The lowest BCUT2D eigenvalue weighted by Crippen LogP contribution is -2.26. The summed E-state index contributed by atoms with van der Waals surface area (Å²) in [7, 11) is 0. The first-order valence-corrected chi connectivity index (χ1v) is 9.16. The lowest BCUT2D eigenvalue weighted by atomic mass is 10.1. The topological polar surface area (TPSA) is 66.9 Å². The molecule has 0 aliphatic carbocycles. The predicted octanol–water partition coefficient (Wildman–Crippen LogP) is 4.28. The zero-order chi connectivity index (χ0) is 19.1. The van der Waals surface area contributed by atoms with E-state index in [4.69, 9.17) is 11.6 Å². The quantitative estimate of drug-likeness (QED) is 0.642. The first kappa shape index (κ1) is 18.9. The second-order valence-electron chi connectivity index (χ2n) is 6.20. The Balaban J connectivity index is 1.56. The molecule has 0 bridgehead atoms. The molecular weight excluding hydrogens is 360 g/mol. The number of anilines is 1. The highest BCUT2D eigenvalue weighted by molar-refractivity contribution is 6.30. The number of nitrogens with zero attached hydrogens (tertiary/aromatic N) is 2. The third kappa shape index (κ3) is 5.53. The second kappa shape index (κ2) is 9.14. The third-order valence-corrected chi connectivity index (χ3v) is 4.43. The molecular formula is C21H21ClN4O. The van der Waals surface area contributed by atoms with Crippen LogP contribution >= 0.6 is 11.6 Å². The van der Waals surface area contributed by atoms with Crippen LogP contribution in [0.15, 0.2) is 67.0 Å². The van der Waals surface area contributed by atoms with Gasteiger partial charge in [-0.05, 0) is 36.6 Å². The fourth-order valence-electron chi connectivity index (χ4n) is 2.67. The van der Waals surface area contributed by atoms with Gasteiger partial charge in [-0.1, -0.05) is 54.1 Å². The van der Waals surface area contributed by atoms with Crippen LogP contribution in [0.1, 0.15) is 34.6 Å². The van der Waals surface area contributed by atoms with Gasteiger partial charge in [0.25, 0.3) is 5.91 Å². The average molecular weight is 381 g/mol. The molecule has 0 aliphatic rings. The Morgan fingerprint density at radius 1 is 1.07 bits per heavy atom. The largest absolute Gasteiger partial charge is 0.363 e. The highest BCUT2D eigenvalue weighted by Gasteiger charge is 2.10. The van der Waals surface area contributed by atoms with Gasteiger partial charge < -0.3 is 10.6 Å². The van der Waals surface area contributed by atoms with Gasteiger partial charge in [0.05, 0.1) is 0 Å². The molecule has 1 unspecified atom stereocenters. The summed E-state index contributed by atoms with van der Waals surface area (Å²) in [6.45, 7) is 2.57. The monoisotopic (exact) mass is 380 g/mol. The number of hydrogen-bond donors (Lipinski definition) is 2. The zero-order valence-corrected chi connectivity index (χ0v) is 15.8. The molecule has 0 spiro atoms. The van der Waals surface area contributed by atoms with Crippen molar-refractivity contribution in [3.8, 4) is 0 Å². The van der Waals surface area contributed by atoms with Crippen molar-refractivity contribution in [1.82, 2.24) is 15.3 Å². The number of benzene rings is 2. The molecule has 1 aromatic heterocycles. The molecule has 2 aromatic carbocycles. The van der Waals surface area contributed by atoms with Crippen LogP contribution in [0.25, 0.3) is 0 Å². The summed E-state index contributed by atoms with van der Waals surface area (Å²) in [5.41, 5.74) is 2.59. The molecule has 3 rings (SSSR count). The molecule has 27 heavy (non-hydrogen) atoms. The summed E-state index contributed by atoms with van der Waals surface area (Å²) in [5.74, 6) is 0.394. The molecule has 0 radical (unpaired) electrons. The predicted molar refractivity (Wildman–Crippen MR) is 108 cm³/mol. The zero-order valence-electron chi connectivity index (χ0n) is 15.0. The summed E-state index contributed by atoms with van der Waals surface area (Å²) in [6.07, 6.45) is 2.12. The molecule has 0 aliphatic heterocycles. The van der Waals surface area contributed by atoms with Crippen LogP contribution in [-0.2, 0) is 6.42 Å². The first-order chi connectivity index (χ1) is 13.1. The second-order valence-corrected chi connectivity index (χ2v) is 6.63. The molecule has 6 heteroatoms. The molecule has 5 nitrogen and oxygen atoms in total. The minimum atomic E-state index is -0.221. The number of aromatic nitrogens is 2. The van der Waals surface area contributed by atoms with E-state index in [9.17, 15) is 4.79 Å². The number of nitrogens with one attached hydrogen (secondary N) is 2. The van der Waals surface area contributed by atoms with Crippen LogP contribution in [-0.4, -0.2) is 22.4 Å². The summed E-state index contributed by atoms with van der Waals surface area (Å²) >= 11 is 5.88. The lowest BCUT2D eigenvalue weighted by Gasteiger charge is -2.15. The summed E-state index contributed by atoms with van der Waals surface area (Å²) < 4.78 is 0. The van der Waals surface area contributed by atoms with E-state index in [1.165, 1.54) is 6.33 Å². The van der Waals surface area contributed by atoms with Crippen molar-refractivity contribution in [1.29, 1.82) is 0 Å². The van der Waals surface area contributed by atoms with Gasteiger partial charge >= 0.3 is 0 Å². The molecule has 2 N–H and O–H groups in total. The van der Waals surface area contributed by atoms with E-state index in [2.05, 4.69) is 20.6 Å². The van der Waals surface area contributed by atoms with Crippen LogP contribution < -0.4 is 10.6 Å². The van der Waals surface area contributed by atoms with Gasteiger partial charge in [0, 0.05) is 23.7 Å². The molecule has 0 fully saturated rings. The minimum Gasteiger partial charge on any atom is -0.363 e. The molecule has 0 saturated heterocycles. The van der Waals surface area contributed by atoms with Crippen molar-refractivity contribution in [2.24, 2.45) is 0 Å². The SMILES string of the molecule is CC(Nc1cc(C(=O)NCCc2ccc(Cl)cc2)ncn1)c1ccccc1. The fraction of sp³-hybridized carbons (Fsp3) is 0.190. The van der Waals surface area contributed by atoms with E-state index in [1.54, 1.807) is 6.07 Å². The molecule has 1 atom stereocenters. The molecule has 1 heterocycles. The van der Waals surface area contributed by atoms with Crippen LogP contribution in [0.5, 0.6) is 0 Å². The molecule has 138 valence electrons. The maximum absolute atomic E-state index is 12.3. The van der Waals surface area contributed by atoms with E-state index in [0.29, 0.717) is 23.1 Å². The first-order valence-electron chi connectivity index (χ1n) is 8.78. The number of rotatable bonds is 7. The average Bonchev–Trinajstić information content (AvgIpc) is 2.70. The van der Waals surface area contributed by atoms with Crippen LogP contribution in [0, 0.1) is 0 Å². The van der Waals surface area contributed by atoms with E-state index in [1.807, 2.05) is 61.5 Å². The number of carbonyl (C=O) groups excluding carboxylic acids is 1. The van der Waals surface area contributed by atoms with Crippen LogP contribution in [0.3, 0.4) is 0 Å². The van der Waals surface area contributed by atoms with Gasteiger partial charge in [-0.15, -0.1) is 0 Å². The van der Waals surface area contributed by atoms with Crippen LogP contribution in [0.4, 0.5) is 5.82 Å². The van der Waals surface area contributed by atoms with Crippen molar-refractivity contribution in [3.05, 3.63) is 88.8 Å². The Hall–Kier alpha value is -2.92. The van der Waals surface area contributed by atoms with Gasteiger partial charge in [-0.3, -0.25) is 4.79 Å². The van der Waals surface area contributed by atoms with E-state index < -0.39 is 0 Å². The highest BCUT2D eigenvalue weighted by atomic mass is 35.5. The third-order valence-electron chi connectivity index (χ3n) is 4.18. The minimum absolute atomic E-state index is 0.0712. The standard InChI is InChI=1S/C21H21ClN4O/c1-15(17-5-3-2-4-6-17)26-20-13-19(24-14-25-20)21(27)23-12-11-16-7-9-18(22)10-8-16/h2-10,13-15H,11-12H2,1H3,(H,23,27)(H,24,25,26). The highest BCUT2D eigenvalue weighted by Crippen LogP contribution is 2.17. The van der Waals surface area contributed by atoms with E-state index in [-0.39, 0.29) is 11.9 Å². The van der Waals surface area contributed by atoms with Gasteiger partial charge in [0.2, 0.25) is 0 Å². The fourth-order valence-corrected chi connectivity index (χ4v) is 2.80. The Morgan fingerprint density at radius 2 is 1.81 bits per heavy atom. The molecule has 1 amide bonds. The summed E-state index contributed by atoms with van der Waals surface area (Å²) in [4.78, 5) is 20.6. The van der Waals surface area contributed by atoms with E-state index in [0.717, 1.165) is 17.5 Å². The normalized spacial score (nSPS) is 11.6. The number of amides is 1. The Kier molecular flexibility index (Phi) is 6.39. The Morgan fingerprint density at radius 3 is 2.56 bits per heavy atom. The van der Waals surface area contributed by atoms with E-state index >= 15 is 0 Å². The van der Waals surface area contributed by atoms with Gasteiger partial charge in [-0.25, -0.2) is 9.97 Å². The number of carbonyl (C=O) groups is 1. The van der Waals surface area contributed by atoms with Crippen molar-refractivity contribution in [2.45, 2.75) is 19.4 Å². The number of halogens is 1. The lowest BCUT2D eigenvalue weighted by molar-refractivity contribution is 0.0949. The van der Waals surface area contributed by atoms with Gasteiger partial charge in [0.1, 0.15) is 17.8 Å². The Bertz CT molecular complexity index is 884. The smallest absolute Gasteiger partial charge is 0.270 e. The maximum atomic E-state index is 12.3. The maximum Gasteiger partial charge on any atom is 0.270 e. The van der Waals surface area contributed by atoms with Gasteiger partial charge in [0.15, 0.2) is 0 Å². The van der Waals surface area contributed by atoms with Crippen molar-refractivity contribution in [2.75, 3.05) is 11.9 Å². The summed E-state index contributed by atoms with van der Waals surface area (Å²) in [6, 6.07) is 19.4. The van der Waals surface area contributed by atoms with Crippen LogP contribution in [0.2, 0.25) is 5.02 Å². The van der Waals surface area contributed by atoms with Gasteiger partial charge in [-0.2, -0.15) is 0 Å². The summed E-state index contributed by atoms with van der Waals surface area (Å²) in [5, 5.41) is 6.88. The van der Waals surface area contributed by atoms with Crippen molar-refractivity contribution < 1.29 is 4.79 Å². The molecule has 3 aromatic rings. The van der Waals surface area contributed by atoms with Crippen molar-refractivity contribution >= 4 is 23.3 Å².